The van der Waals surface area contributed by atoms with Crippen molar-refractivity contribution in [3.05, 3.63) is 83.8 Å². The Kier molecular flexibility index (Phi) is 5.64. The second kappa shape index (κ2) is 8.48. The van der Waals surface area contributed by atoms with Crippen molar-refractivity contribution in [2.45, 2.75) is 0 Å². The fourth-order valence-electron chi connectivity index (χ4n) is 2.26. The summed E-state index contributed by atoms with van der Waals surface area (Å²) in [5.41, 5.74) is 4.10. The third-order valence-corrected chi connectivity index (χ3v) is 3.62. The molecule has 0 radical (unpaired) electrons. The molecule has 7 heteroatoms. The molecular weight excluding hydrogens is 346 g/mol. The standard InChI is InChI=1S/C20H17N3O4/c1-26-17-9-7-14(8-10-17)13-21-23-19(24)15-4-2-5-16(12-15)22-20(25)18-6-3-11-27-18/h2-13H,1H3,(H,22,25)(H,23,24). The number of hydrogen-bond acceptors (Lipinski definition) is 5. The van der Waals surface area contributed by atoms with Crippen LogP contribution in [-0.2, 0) is 0 Å². The van der Waals surface area contributed by atoms with Crippen molar-refractivity contribution in [2.75, 3.05) is 12.4 Å². The molecule has 2 N–H and O–H groups in total. The summed E-state index contributed by atoms with van der Waals surface area (Å²) in [6.07, 6.45) is 2.94. The fraction of sp³-hybridized carbons (Fsp3) is 0.0500. The molecule has 3 rings (SSSR count). The van der Waals surface area contributed by atoms with Gasteiger partial charge in [0.25, 0.3) is 11.8 Å². The summed E-state index contributed by atoms with van der Waals surface area (Å²) in [6.45, 7) is 0. The van der Waals surface area contributed by atoms with Crippen molar-refractivity contribution in [1.29, 1.82) is 0 Å². The van der Waals surface area contributed by atoms with Crippen LogP contribution in [-0.4, -0.2) is 25.1 Å². The van der Waals surface area contributed by atoms with Crippen molar-refractivity contribution in [3.63, 3.8) is 0 Å². The maximum atomic E-state index is 12.2. The SMILES string of the molecule is COc1ccc(C=NNC(=O)c2cccc(NC(=O)c3ccco3)c2)cc1. The third kappa shape index (κ3) is 4.82. The van der Waals surface area contributed by atoms with E-state index in [1.165, 1.54) is 12.5 Å². The van der Waals surface area contributed by atoms with Gasteiger partial charge in [-0.2, -0.15) is 5.10 Å². The van der Waals surface area contributed by atoms with Crippen LogP contribution in [0.15, 0.2) is 76.4 Å². The molecule has 0 atom stereocenters. The number of benzene rings is 2. The van der Waals surface area contributed by atoms with Gasteiger partial charge in [0.1, 0.15) is 5.75 Å². The first kappa shape index (κ1) is 17.9. The predicted octanol–water partition coefficient (Wildman–Crippen LogP) is 3.30. The lowest BCUT2D eigenvalue weighted by molar-refractivity contribution is 0.0953. The fourth-order valence-corrected chi connectivity index (χ4v) is 2.26. The van der Waals surface area contributed by atoms with Gasteiger partial charge in [0.2, 0.25) is 0 Å². The number of anilines is 1. The number of carbonyl (C=O) groups is 2. The molecule has 0 aliphatic rings. The Morgan fingerprint density at radius 2 is 1.85 bits per heavy atom. The zero-order valence-electron chi connectivity index (χ0n) is 14.5. The predicted molar refractivity (Wildman–Crippen MR) is 101 cm³/mol. The van der Waals surface area contributed by atoms with Crippen LogP contribution < -0.4 is 15.5 Å². The molecule has 136 valence electrons. The quantitative estimate of drug-likeness (QED) is 0.519. The van der Waals surface area contributed by atoms with Gasteiger partial charge in [0, 0.05) is 11.3 Å². The summed E-state index contributed by atoms with van der Waals surface area (Å²) >= 11 is 0. The highest BCUT2D eigenvalue weighted by atomic mass is 16.5. The van der Waals surface area contributed by atoms with Gasteiger partial charge in [-0.15, -0.1) is 0 Å². The van der Waals surface area contributed by atoms with E-state index in [9.17, 15) is 9.59 Å². The maximum Gasteiger partial charge on any atom is 0.291 e. The van der Waals surface area contributed by atoms with Crippen LogP contribution in [0.25, 0.3) is 0 Å². The molecule has 0 saturated carbocycles. The van der Waals surface area contributed by atoms with Crippen molar-refractivity contribution in [3.8, 4) is 5.75 Å². The average Bonchev–Trinajstić information content (AvgIpc) is 3.24. The normalized spacial score (nSPS) is 10.6. The molecule has 0 aliphatic heterocycles. The van der Waals surface area contributed by atoms with Crippen LogP contribution in [0.2, 0.25) is 0 Å². The van der Waals surface area contributed by atoms with Gasteiger partial charge in [-0.25, -0.2) is 5.43 Å². The first-order valence-electron chi connectivity index (χ1n) is 8.08. The Hall–Kier alpha value is -3.87. The van der Waals surface area contributed by atoms with Crippen molar-refractivity contribution in [1.82, 2.24) is 5.43 Å². The Labute approximate surface area is 155 Å². The van der Waals surface area contributed by atoms with Crippen molar-refractivity contribution >= 4 is 23.7 Å². The minimum atomic E-state index is -0.395. The molecule has 0 spiro atoms. The zero-order valence-corrected chi connectivity index (χ0v) is 14.5. The Balaban J connectivity index is 1.61. The third-order valence-electron chi connectivity index (χ3n) is 3.62. The number of carbonyl (C=O) groups excluding carboxylic acids is 2. The molecule has 7 nitrogen and oxygen atoms in total. The van der Waals surface area contributed by atoms with Crippen molar-refractivity contribution in [2.24, 2.45) is 5.10 Å². The summed E-state index contributed by atoms with van der Waals surface area (Å²) in [5.74, 6) is 0.141. The average molecular weight is 363 g/mol. The van der Waals surface area contributed by atoms with Crippen LogP contribution in [0, 0.1) is 0 Å². The number of ether oxygens (including phenoxy) is 1. The van der Waals surface area contributed by atoms with E-state index in [2.05, 4.69) is 15.8 Å². The second-order valence-corrected chi connectivity index (χ2v) is 5.48. The molecular formula is C20H17N3O4. The summed E-state index contributed by atoms with van der Waals surface area (Å²) in [4.78, 5) is 24.2. The topological polar surface area (TPSA) is 92.9 Å². The molecule has 0 saturated heterocycles. The molecule has 1 heterocycles. The number of methoxy groups -OCH3 is 1. The first-order valence-corrected chi connectivity index (χ1v) is 8.08. The van der Waals surface area contributed by atoms with Gasteiger partial charge in [0.15, 0.2) is 5.76 Å². The van der Waals surface area contributed by atoms with Crippen LogP contribution >= 0.6 is 0 Å². The van der Waals surface area contributed by atoms with E-state index >= 15 is 0 Å². The largest absolute Gasteiger partial charge is 0.497 e. The number of nitrogens with one attached hydrogen (secondary N) is 2. The Morgan fingerprint density at radius 1 is 1.04 bits per heavy atom. The molecule has 0 bridgehead atoms. The molecule has 3 aromatic rings. The van der Waals surface area contributed by atoms with E-state index in [-0.39, 0.29) is 5.76 Å². The molecule has 1 aromatic heterocycles. The minimum Gasteiger partial charge on any atom is -0.497 e. The molecule has 2 aromatic carbocycles. The maximum absolute atomic E-state index is 12.2. The van der Waals surface area contributed by atoms with Gasteiger partial charge in [-0.05, 0) is 60.2 Å². The van der Waals surface area contributed by atoms with Gasteiger partial charge >= 0.3 is 0 Å². The van der Waals surface area contributed by atoms with Crippen LogP contribution in [0.1, 0.15) is 26.5 Å². The van der Waals surface area contributed by atoms with Gasteiger partial charge in [-0.3, -0.25) is 9.59 Å². The molecule has 2 amide bonds. The van der Waals surface area contributed by atoms with E-state index < -0.39 is 11.8 Å². The number of furan rings is 1. The Morgan fingerprint density at radius 3 is 2.56 bits per heavy atom. The highest BCUT2D eigenvalue weighted by Gasteiger charge is 2.10. The number of nitrogens with zero attached hydrogens (tertiary/aromatic N) is 1. The van der Waals surface area contributed by atoms with Crippen molar-refractivity contribution < 1.29 is 18.7 Å². The van der Waals surface area contributed by atoms with E-state index in [1.54, 1.807) is 55.6 Å². The second-order valence-electron chi connectivity index (χ2n) is 5.48. The number of hydrogen-bond donors (Lipinski definition) is 2. The Bertz CT molecular complexity index is 948. The lowest BCUT2D eigenvalue weighted by Crippen LogP contribution is -2.18. The monoisotopic (exact) mass is 363 g/mol. The van der Waals surface area contributed by atoms with Gasteiger partial charge in [0.05, 0.1) is 19.6 Å². The van der Waals surface area contributed by atoms with Crippen LogP contribution in [0.4, 0.5) is 5.69 Å². The minimum absolute atomic E-state index is 0.189. The van der Waals surface area contributed by atoms with E-state index in [0.29, 0.717) is 11.3 Å². The van der Waals surface area contributed by atoms with Crippen LogP contribution in [0.3, 0.4) is 0 Å². The molecule has 0 unspecified atom stereocenters. The van der Waals surface area contributed by atoms with E-state index in [4.69, 9.17) is 9.15 Å². The summed E-state index contributed by atoms with van der Waals surface area (Å²) < 4.78 is 10.1. The smallest absolute Gasteiger partial charge is 0.291 e. The van der Waals surface area contributed by atoms with E-state index in [0.717, 1.165) is 11.3 Å². The highest BCUT2D eigenvalue weighted by molar-refractivity contribution is 6.03. The number of hydrazone groups is 1. The molecule has 0 aliphatic carbocycles. The lowest BCUT2D eigenvalue weighted by atomic mass is 10.2. The summed E-state index contributed by atoms with van der Waals surface area (Å²) in [7, 11) is 1.59. The molecule has 0 fully saturated rings. The van der Waals surface area contributed by atoms with Gasteiger partial charge in [-0.1, -0.05) is 6.07 Å². The number of amides is 2. The van der Waals surface area contributed by atoms with Crippen LogP contribution in [0.5, 0.6) is 5.75 Å². The first-order chi connectivity index (χ1) is 13.2. The van der Waals surface area contributed by atoms with Gasteiger partial charge < -0.3 is 14.5 Å². The lowest BCUT2D eigenvalue weighted by Gasteiger charge is -2.05. The summed E-state index contributed by atoms with van der Waals surface area (Å²) in [5, 5.41) is 6.61. The van der Waals surface area contributed by atoms with E-state index in [1.807, 2.05) is 12.1 Å². The summed E-state index contributed by atoms with van der Waals surface area (Å²) in [6, 6.07) is 16.9. The number of rotatable bonds is 6. The molecule has 27 heavy (non-hydrogen) atoms. The zero-order chi connectivity index (χ0) is 19.1. The highest BCUT2D eigenvalue weighted by Crippen LogP contribution is 2.13.